The van der Waals surface area contributed by atoms with Crippen LogP contribution >= 0.6 is 34.4 Å². The van der Waals surface area contributed by atoms with Crippen LogP contribution in [0.5, 0.6) is 11.5 Å². The van der Waals surface area contributed by atoms with Crippen LogP contribution in [0.25, 0.3) is 0 Å². The summed E-state index contributed by atoms with van der Waals surface area (Å²) in [6.45, 7) is 1.98. The quantitative estimate of drug-likeness (QED) is 0.0816. The van der Waals surface area contributed by atoms with Crippen molar-refractivity contribution < 1.29 is 23.9 Å². The highest BCUT2D eigenvalue weighted by molar-refractivity contribution is 7.99. The van der Waals surface area contributed by atoms with Crippen molar-refractivity contribution in [1.82, 2.24) is 15.0 Å². The van der Waals surface area contributed by atoms with Gasteiger partial charge in [-0.2, -0.15) is 0 Å². The summed E-state index contributed by atoms with van der Waals surface area (Å²) in [4.78, 5) is 50.5. The average molecular weight is 712 g/mol. The number of nitrogens with two attached hydrogens (primary N) is 2. The summed E-state index contributed by atoms with van der Waals surface area (Å²) in [5.41, 5.74) is 13.4. The Bertz CT molecular complexity index is 2030. The molecule has 0 atom stereocenters. The molecule has 248 valence electrons. The third kappa shape index (κ3) is 9.87. The number of esters is 1. The fraction of sp³-hybridized carbons (Fsp3) is 0.0588. The number of pyridine rings is 1. The van der Waals surface area contributed by atoms with Crippen molar-refractivity contribution in [3.8, 4) is 11.5 Å². The maximum atomic E-state index is 12.6. The van der Waals surface area contributed by atoms with Gasteiger partial charge in [0.1, 0.15) is 11.5 Å². The molecular weight excluding hydrogens is 683 g/mol. The first-order valence-electron chi connectivity index (χ1n) is 14.5. The van der Waals surface area contributed by atoms with E-state index in [0.29, 0.717) is 44.3 Å². The van der Waals surface area contributed by atoms with Gasteiger partial charge >= 0.3 is 5.97 Å². The van der Waals surface area contributed by atoms with Gasteiger partial charge in [-0.25, -0.2) is 14.8 Å². The van der Waals surface area contributed by atoms with Gasteiger partial charge in [-0.15, -0.1) is 22.7 Å². The van der Waals surface area contributed by atoms with E-state index in [9.17, 15) is 14.4 Å². The number of carbonyl (C=O) groups is 3. The van der Waals surface area contributed by atoms with E-state index in [2.05, 4.69) is 25.6 Å². The van der Waals surface area contributed by atoms with E-state index < -0.39 is 11.9 Å². The molecule has 0 spiro atoms. The van der Waals surface area contributed by atoms with Crippen LogP contribution < -0.4 is 26.8 Å². The number of rotatable bonds is 10. The molecule has 0 fully saturated rings. The van der Waals surface area contributed by atoms with Gasteiger partial charge in [0.15, 0.2) is 16.0 Å². The van der Waals surface area contributed by atoms with Crippen molar-refractivity contribution in [3.63, 3.8) is 0 Å². The van der Waals surface area contributed by atoms with Gasteiger partial charge < -0.3 is 20.9 Å². The molecule has 49 heavy (non-hydrogen) atoms. The second-order valence-electron chi connectivity index (χ2n) is 9.70. The van der Waals surface area contributed by atoms with Crippen LogP contribution in [0.2, 0.25) is 0 Å². The molecule has 0 radical (unpaired) electrons. The Labute approximate surface area is 293 Å². The number of nitrogens with zero attached hydrogens (tertiary/aromatic N) is 3. The number of carbonyl (C=O) groups excluding carboxylic acids is 3. The van der Waals surface area contributed by atoms with E-state index >= 15 is 0 Å². The highest BCUT2D eigenvalue weighted by Gasteiger charge is 2.17. The van der Waals surface area contributed by atoms with Gasteiger partial charge in [-0.05, 0) is 67.6 Å². The second-order valence-corrected chi connectivity index (χ2v) is 12.6. The topological polar surface area (TPSA) is 184 Å². The molecular formula is C34H29N7O5S3. The summed E-state index contributed by atoms with van der Waals surface area (Å²) in [6.07, 6.45) is 5.03. The molecule has 0 aliphatic heterocycles. The van der Waals surface area contributed by atoms with Crippen LogP contribution in [0.1, 0.15) is 38.1 Å². The number of benzene rings is 3. The second kappa shape index (κ2) is 16.9. The minimum atomic E-state index is -0.524. The van der Waals surface area contributed by atoms with Gasteiger partial charge in [-0.3, -0.25) is 25.2 Å². The lowest BCUT2D eigenvalue weighted by Gasteiger charge is -2.09. The molecule has 6 aromatic rings. The highest BCUT2D eigenvalue weighted by atomic mass is 32.2. The van der Waals surface area contributed by atoms with Crippen LogP contribution in [0.15, 0.2) is 118 Å². The number of aromatic nitrogens is 3. The summed E-state index contributed by atoms with van der Waals surface area (Å²) in [5, 5.41) is 9.52. The lowest BCUT2D eigenvalue weighted by atomic mass is 10.1. The molecule has 3 aromatic heterocycles. The lowest BCUT2D eigenvalue weighted by molar-refractivity contribution is 0.0520. The average Bonchev–Trinajstić information content (AvgIpc) is 3.80. The largest absolute Gasteiger partial charge is 0.461 e. The van der Waals surface area contributed by atoms with Crippen LogP contribution in [-0.2, 0) is 4.74 Å². The van der Waals surface area contributed by atoms with E-state index in [0.717, 1.165) is 21.1 Å². The summed E-state index contributed by atoms with van der Waals surface area (Å²) in [5.74, 6) is 0.00755. The zero-order valence-corrected chi connectivity index (χ0v) is 28.3. The van der Waals surface area contributed by atoms with E-state index in [-0.39, 0.29) is 18.2 Å². The number of hydrogen-bond acceptors (Lipinski definition) is 13. The number of thiazole rings is 2. The van der Waals surface area contributed by atoms with Crippen LogP contribution in [0.3, 0.4) is 0 Å². The van der Waals surface area contributed by atoms with Crippen molar-refractivity contribution in [1.29, 1.82) is 0 Å². The molecule has 15 heteroatoms. The molecule has 6 N–H and O–H groups in total. The minimum Gasteiger partial charge on any atom is -0.461 e. The van der Waals surface area contributed by atoms with Gasteiger partial charge in [-0.1, -0.05) is 30.0 Å². The first-order valence-corrected chi connectivity index (χ1v) is 17.1. The number of ether oxygens (including phenoxy) is 2. The molecule has 6 rings (SSSR count). The van der Waals surface area contributed by atoms with Gasteiger partial charge in [0.2, 0.25) is 0 Å². The summed E-state index contributed by atoms with van der Waals surface area (Å²) in [6, 6.07) is 23.3. The number of hydrogen-bond donors (Lipinski definition) is 4. The lowest BCUT2D eigenvalue weighted by Crippen LogP contribution is -2.14. The normalized spacial score (nSPS) is 10.3. The van der Waals surface area contributed by atoms with Gasteiger partial charge in [0.25, 0.3) is 11.8 Å². The summed E-state index contributed by atoms with van der Waals surface area (Å²) < 4.78 is 10.6. The van der Waals surface area contributed by atoms with Crippen LogP contribution in [0, 0.1) is 0 Å². The Morgan fingerprint density at radius 1 is 0.776 bits per heavy atom. The van der Waals surface area contributed by atoms with E-state index in [1.807, 2.05) is 48.5 Å². The summed E-state index contributed by atoms with van der Waals surface area (Å²) >= 11 is 3.98. The molecule has 0 bridgehead atoms. The maximum absolute atomic E-state index is 12.6. The van der Waals surface area contributed by atoms with Crippen molar-refractivity contribution in [3.05, 3.63) is 125 Å². The van der Waals surface area contributed by atoms with Crippen molar-refractivity contribution in [2.45, 2.75) is 16.7 Å². The van der Waals surface area contributed by atoms with Crippen LogP contribution in [0.4, 0.5) is 21.6 Å². The molecule has 0 aliphatic rings. The van der Waals surface area contributed by atoms with E-state index in [4.69, 9.17) is 20.9 Å². The van der Waals surface area contributed by atoms with Gasteiger partial charge in [0.05, 0.1) is 17.7 Å². The van der Waals surface area contributed by atoms with Crippen molar-refractivity contribution in [2.75, 3.05) is 28.7 Å². The van der Waals surface area contributed by atoms with Crippen molar-refractivity contribution in [2.24, 2.45) is 0 Å². The fourth-order valence-corrected chi connectivity index (χ4v) is 6.04. The molecule has 3 heterocycles. The van der Waals surface area contributed by atoms with Crippen molar-refractivity contribution >= 4 is 73.9 Å². The molecule has 0 aliphatic carbocycles. The molecule has 0 saturated carbocycles. The number of para-hydroxylation sites is 1. The maximum Gasteiger partial charge on any atom is 0.357 e. The third-order valence-electron chi connectivity index (χ3n) is 6.27. The summed E-state index contributed by atoms with van der Waals surface area (Å²) in [7, 11) is 0. The van der Waals surface area contributed by atoms with Gasteiger partial charge in [0, 0.05) is 50.5 Å². The Morgan fingerprint density at radius 2 is 1.47 bits per heavy atom. The van der Waals surface area contributed by atoms with Crippen LogP contribution in [-0.4, -0.2) is 39.3 Å². The minimum absolute atomic E-state index is 0.159. The standard InChI is InChI=1S/C18H16N4O3S2.C16H13N3O2S/c1-2-25-17(24)15-10-26-18(21-15)22-16(23)13-9-12(3-4-14(13)19)27-11-5-7-20-8-6-11;17-14-7-6-12(21-11-4-2-1-3-5-11)10-13(14)15(20)19-16-18-8-9-22-16/h3-10H,2,19H2,1H3,(H,21,22,23);1-10H,17H2,(H,18,19,20). The molecule has 12 nitrogen and oxygen atoms in total. The fourth-order valence-electron chi connectivity index (χ4n) is 4.00. The highest BCUT2D eigenvalue weighted by Crippen LogP contribution is 2.30. The SMILES string of the molecule is CCOC(=O)c1csc(NC(=O)c2cc(Sc3ccncc3)ccc2N)n1.Nc1ccc(Oc2ccccc2)cc1C(=O)Nc1nccs1. The zero-order valence-electron chi connectivity index (χ0n) is 25.9. The predicted octanol–water partition coefficient (Wildman–Crippen LogP) is 7.47. The third-order valence-corrected chi connectivity index (χ3v) is 8.71. The number of nitrogen functional groups attached to an aromatic ring is 2. The first-order chi connectivity index (χ1) is 23.8. The Hall–Kier alpha value is -5.77. The van der Waals surface area contributed by atoms with E-state index in [1.54, 1.807) is 61.2 Å². The zero-order chi connectivity index (χ0) is 34.6. The molecule has 2 amide bonds. The monoisotopic (exact) mass is 711 g/mol. The number of amides is 2. The molecule has 0 unspecified atom stereocenters. The Balaban J connectivity index is 0.000000195. The number of nitrogens with one attached hydrogen (secondary N) is 2. The molecule has 0 saturated heterocycles. The smallest absolute Gasteiger partial charge is 0.357 e. The Morgan fingerprint density at radius 3 is 2.16 bits per heavy atom. The first kappa shape index (κ1) is 34.6. The van der Waals surface area contributed by atoms with E-state index in [1.165, 1.54) is 28.5 Å². The predicted molar refractivity (Wildman–Crippen MR) is 193 cm³/mol. The number of anilines is 4. The Kier molecular flexibility index (Phi) is 11.9. The molecule has 3 aromatic carbocycles.